The number of nitrogens with one attached hydrogen (secondary N) is 1. The van der Waals surface area contributed by atoms with E-state index in [0.717, 1.165) is 19.0 Å². The molecule has 2 aliphatic rings. The van der Waals surface area contributed by atoms with Crippen molar-refractivity contribution in [3.8, 4) is 0 Å². The lowest BCUT2D eigenvalue weighted by Gasteiger charge is -2.29. The summed E-state index contributed by atoms with van der Waals surface area (Å²) in [4.78, 5) is 14.0. The SMILES string of the molecule is C[C@H](NCC(=O)N1CCOCC1)C1CCCCCC1. The van der Waals surface area contributed by atoms with Crippen molar-refractivity contribution >= 4 is 5.91 Å². The third-order valence-electron chi connectivity index (χ3n) is 4.55. The summed E-state index contributed by atoms with van der Waals surface area (Å²) in [7, 11) is 0. The van der Waals surface area contributed by atoms with Crippen LogP contribution in [0.4, 0.5) is 0 Å². The summed E-state index contributed by atoms with van der Waals surface area (Å²) in [6.07, 6.45) is 8.12. The lowest BCUT2D eigenvalue weighted by atomic mass is 9.93. The van der Waals surface area contributed by atoms with E-state index >= 15 is 0 Å². The van der Waals surface area contributed by atoms with E-state index in [1.54, 1.807) is 0 Å². The predicted octanol–water partition coefficient (Wildman–Crippen LogP) is 1.79. The monoisotopic (exact) mass is 268 g/mol. The van der Waals surface area contributed by atoms with Gasteiger partial charge in [-0.3, -0.25) is 4.79 Å². The van der Waals surface area contributed by atoms with Gasteiger partial charge in [-0.1, -0.05) is 25.7 Å². The molecule has 0 aromatic rings. The Bertz CT molecular complexity index is 269. The van der Waals surface area contributed by atoms with E-state index in [2.05, 4.69) is 12.2 Å². The van der Waals surface area contributed by atoms with Gasteiger partial charge in [-0.2, -0.15) is 0 Å². The van der Waals surface area contributed by atoms with Gasteiger partial charge < -0.3 is 15.0 Å². The third kappa shape index (κ3) is 4.77. The number of carbonyl (C=O) groups excluding carboxylic acids is 1. The van der Waals surface area contributed by atoms with Crippen LogP contribution < -0.4 is 5.32 Å². The second kappa shape index (κ2) is 7.85. The Balaban J connectivity index is 1.69. The predicted molar refractivity (Wildman–Crippen MR) is 76.1 cm³/mol. The second-order valence-electron chi connectivity index (χ2n) is 5.91. The third-order valence-corrected chi connectivity index (χ3v) is 4.55. The van der Waals surface area contributed by atoms with Crippen LogP contribution in [0.3, 0.4) is 0 Å². The summed E-state index contributed by atoms with van der Waals surface area (Å²) in [6, 6.07) is 0.461. The lowest BCUT2D eigenvalue weighted by molar-refractivity contribution is -0.134. The molecular formula is C15H28N2O2. The van der Waals surface area contributed by atoms with Crippen LogP contribution in [0.1, 0.15) is 45.4 Å². The van der Waals surface area contributed by atoms with E-state index in [9.17, 15) is 4.79 Å². The Hall–Kier alpha value is -0.610. The first-order valence-corrected chi connectivity index (χ1v) is 7.86. The van der Waals surface area contributed by atoms with Crippen LogP contribution in [0.15, 0.2) is 0 Å². The van der Waals surface area contributed by atoms with Gasteiger partial charge in [0.1, 0.15) is 0 Å². The van der Waals surface area contributed by atoms with E-state index in [4.69, 9.17) is 4.74 Å². The highest BCUT2D eigenvalue weighted by molar-refractivity contribution is 5.78. The van der Waals surface area contributed by atoms with Crippen molar-refractivity contribution in [3.05, 3.63) is 0 Å². The number of morpholine rings is 1. The highest BCUT2D eigenvalue weighted by atomic mass is 16.5. The fraction of sp³-hybridized carbons (Fsp3) is 0.933. The lowest BCUT2D eigenvalue weighted by Crippen LogP contribution is -2.47. The maximum absolute atomic E-state index is 12.1. The molecule has 0 unspecified atom stereocenters. The second-order valence-corrected chi connectivity index (χ2v) is 5.91. The Labute approximate surface area is 116 Å². The summed E-state index contributed by atoms with van der Waals surface area (Å²) < 4.78 is 5.27. The van der Waals surface area contributed by atoms with Crippen molar-refractivity contribution in [2.24, 2.45) is 5.92 Å². The smallest absolute Gasteiger partial charge is 0.236 e. The molecule has 0 radical (unpaired) electrons. The van der Waals surface area contributed by atoms with Gasteiger partial charge in [0, 0.05) is 19.1 Å². The maximum atomic E-state index is 12.1. The number of hydrogen-bond acceptors (Lipinski definition) is 3. The molecule has 19 heavy (non-hydrogen) atoms. The van der Waals surface area contributed by atoms with Gasteiger partial charge in [0.15, 0.2) is 0 Å². The first-order chi connectivity index (χ1) is 9.27. The largest absolute Gasteiger partial charge is 0.378 e. The molecule has 2 rings (SSSR count). The van der Waals surface area contributed by atoms with Crippen molar-refractivity contribution in [1.82, 2.24) is 10.2 Å². The van der Waals surface area contributed by atoms with Crippen LogP contribution in [0.5, 0.6) is 0 Å². The van der Waals surface area contributed by atoms with Gasteiger partial charge in [-0.05, 0) is 25.7 Å². The van der Waals surface area contributed by atoms with Gasteiger partial charge in [-0.25, -0.2) is 0 Å². The molecule has 1 saturated carbocycles. The first kappa shape index (κ1) is 14.8. The van der Waals surface area contributed by atoms with Crippen LogP contribution in [0.2, 0.25) is 0 Å². The van der Waals surface area contributed by atoms with E-state index in [1.807, 2.05) is 4.90 Å². The molecule has 1 N–H and O–H groups in total. The van der Waals surface area contributed by atoms with Crippen molar-refractivity contribution in [2.45, 2.75) is 51.5 Å². The van der Waals surface area contributed by atoms with Gasteiger partial charge in [0.2, 0.25) is 5.91 Å². The van der Waals surface area contributed by atoms with Gasteiger partial charge in [-0.15, -0.1) is 0 Å². The number of amides is 1. The number of carbonyl (C=O) groups is 1. The molecular weight excluding hydrogens is 240 g/mol. The number of rotatable bonds is 4. The van der Waals surface area contributed by atoms with E-state index in [-0.39, 0.29) is 5.91 Å². The molecule has 1 amide bonds. The van der Waals surface area contributed by atoms with E-state index in [0.29, 0.717) is 25.8 Å². The molecule has 1 aliphatic heterocycles. The molecule has 4 nitrogen and oxygen atoms in total. The summed E-state index contributed by atoms with van der Waals surface area (Å²) in [6.45, 7) is 5.59. The Morgan fingerprint density at radius 3 is 2.47 bits per heavy atom. The van der Waals surface area contributed by atoms with Crippen molar-refractivity contribution in [1.29, 1.82) is 0 Å². The minimum atomic E-state index is 0.226. The quantitative estimate of drug-likeness (QED) is 0.790. The molecule has 0 aromatic carbocycles. The molecule has 1 aliphatic carbocycles. The average molecular weight is 268 g/mol. The zero-order valence-electron chi connectivity index (χ0n) is 12.2. The number of nitrogens with zero attached hydrogens (tertiary/aromatic N) is 1. The van der Waals surface area contributed by atoms with Gasteiger partial charge in [0.25, 0.3) is 0 Å². The number of ether oxygens (including phenoxy) is 1. The minimum Gasteiger partial charge on any atom is -0.378 e. The highest BCUT2D eigenvalue weighted by Gasteiger charge is 2.21. The van der Waals surface area contributed by atoms with Gasteiger partial charge in [0.05, 0.1) is 19.8 Å². The van der Waals surface area contributed by atoms with Crippen LogP contribution in [0.25, 0.3) is 0 Å². The topological polar surface area (TPSA) is 41.6 Å². The van der Waals surface area contributed by atoms with Crippen LogP contribution >= 0.6 is 0 Å². The Morgan fingerprint density at radius 1 is 1.21 bits per heavy atom. The average Bonchev–Trinajstić information content (AvgIpc) is 2.74. The molecule has 2 fully saturated rings. The van der Waals surface area contributed by atoms with Crippen LogP contribution in [0, 0.1) is 5.92 Å². The van der Waals surface area contributed by atoms with Crippen molar-refractivity contribution in [2.75, 3.05) is 32.8 Å². The summed E-state index contributed by atoms with van der Waals surface area (Å²) >= 11 is 0. The molecule has 1 atom stereocenters. The molecule has 1 saturated heterocycles. The molecule has 4 heteroatoms. The van der Waals surface area contributed by atoms with Crippen molar-refractivity contribution in [3.63, 3.8) is 0 Å². The first-order valence-electron chi connectivity index (χ1n) is 7.86. The molecule has 110 valence electrons. The van der Waals surface area contributed by atoms with Gasteiger partial charge >= 0.3 is 0 Å². The fourth-order valence-electron chi connectivity index (χ4n) is 3.15. The molecule has 0 aromatic heterocycles. The molecule has 0 bridgehead atoms. The van der Waals surface area contributed by atoms with E-state index < -0.39 is 0 Å². The highest BCUT2D eigenvalue weighted by Crippen LogP contribution is 2.25. The zero-order valence-corrected chi connectivity index (χ0v) is 12.2. The fourth-order valence-corrected chi connectivity index (χ4v) is 3.15. The molecule has 0 spiro atoms. The number of hydrogen-bond donors (Lipinski definition) is 1. The maximum Gasteiger partial charge on any atom is 0.236 e. The Kier molecular flexibility index (Phi) is 6.11. The zero-order chi connectivity index (χ0) is 13.5. The van der Waals surface area contributed by atoms with E-state index in [1.165, 1.54) is 38.5 Å². The van der Waals surface area contributed by atoms with Crippen molar-refractivity contribution < 1.29 is 9.53 Å². The molecule has 1 heterocycles. The van der Waals surface area contributed by atoms with Crippen LogP contribution in [-0.4, -0.2) is 49.7 Å². The Morgan fingerprint density at radius 2 is 1.84 bits per heavy atom. The standard InChI is InChI=1S/C15H28N2O2/c1-13(14-6-4-2-3-5-7-14)16-12-15(18)17-8-10-19-11-9-17/h13-14,16H,2-12H2,1H3/t13-/m0/s1. The normalized spacial score (nSPS) is 23.9. The summed E-state index contributed by atoms with van der Waals surface area (Å²) in [5, 5.41) is 3.45. The van der Waals surface area contributed by atoms with Crippen LogP contribution in [-0.2, 0) is 9.53 Å². The summed E-state index contributed by atoms with van der Waals surface area (Å²) in [5.74, 6) is 0.976. The summed E-state index contributed by atoms with van der Waals surface area (Å²) in [5.41, 5.74) is 0. The minimum absolute atomic E-state index is 0.226.